The van der Waals surface area contributed by atoms with Gasteiger partial charge in [-0.1, -0.05) is 35.9 Å². The number of carbonyl (C=O) groups is 2. The van der Waals surface area contributed by atoms with Crippen LogP contribution in [-0.4, -0.2) is 34.1 Å². The van der Waals surface area contributed by atoms with Crippen LogP contribution in [0.3, 0.4) is 0 Å². The van der Waals surface area contributed by atoms with E-state index in [-0.39, 0.29) is 22.9 Å². The second-order valence-corrected chi connectivity index (χ2v) is 6.34. The van der Waals surface area contributed by atoms with Crippen molar-refractivity contribution in [2.45, 2.75) is 19.0 Å². The average molecular weight is 362 g/mol. The number of fused-ring (bicyclic) bond motifs is 1. The zero-order chi connectivity index (χ0) is 18.4. The first-order valence-corrected chi connectivity index (χ1v) is 7.88. The first-order valence-electron chi connectivity index (χ1n) is 7.51. The highest BCUT2D eigenvalue weighted by Gasteiger charge is 2.51. The van der Waals surface area contributed by atoms with Crippen LogP contribution in [0.15, 0.2) is 36.4 Å². The lowest BCUT2D eigenvalue weighted by atomic mass is 9.91. The zero-order valence-electron chi connectivity index (χ0n) is 13.6. The molecule has 0 fully saturated rings. The van der Waals surface area contributed by atoms with Gasteiger partial charge in [0, 0.05) is 12.6 Å². The predicted molar refractivity (Wildman–Crippen MR) is 90.5 cm³/mol. The van der Waals surface area contributed by atoms with Crippen molar-refractivity contribution in [1.29, 1.82) is 0 Å². The topological polar surface area (TPSA) is 87.1 Å². The Morgan fingerprint density at radius 3 is 2.56 bits per heavy atom. The van der Waals surface area contributed by atoms with Crippen LogP contribution in [-0.2, 0) is 21.6 Å². The molecule has 0 spiro atoms. The Labute approximate surface area is 149 Å². The van der Waals surface area contributed by atoms with E-state index in [2.05, 4.69) is 0 Å². The summed E-state index contributed by atoms with van der Waals surface area (Å²) in [5.41, 5.74) is 0.0394. The van der Waals surface area contributed by atoms with Gasteiger partial charge in [0.25, 0.3) is 5.91 Å². The lowest BCUT2D eigenvalue weighted by molar-refractivity contribution is -0.152. The van der Waals surface area contributed by atoms with E-state index in [4.69, 9.17) is 16.3 Å². The summed E-state index contributed by atoms with van der Waals surface area (Å²) in [5, 5.41) is 19.5. The van der Waals surface area contributed by atoms with Crippen molar-refractivity contribution in [3.05, 3.63) is 58.1 Å². The van der Waals surface area contributed by atoms with Crippen molar-refractivity contribution in [3.8, 4) is 11.5 Å². The molecule has 0 saturated carbocycles. The van der Waals surface area contributed by atoms with Crippen molar-refractivity contribution in [3.63, 3.8) is 0 Å². The third-order valence-corrected chi connectivity index (χ3v) is 4.84. The number of benzene rings is 2. The first kappa shape index (κ1) is 17.1. The van der Waals surface area contributed by atoms with E-state index in [0.29, 0.717) is 5.56 Å². The van der Waals surface area contributed by atoms with Gasteiger partial charge < -0.3 is 19.8 Å². The molecule has 3 rings (SSSR count). The van der Waals surface area contributed by atoms with Crippen LogP contribution in [0, 0.1) is 0 Å². The van der Waals surface area contributed by atoms with Crippen molar-refractivity contribution in [2.24, 2.45) is 0 Å². The zero-order valence-corrected chi connectivity index (χ0v) is 14.4. The summed E-state index contributed by atoms with van der Waals surface area (Å²) in [6.45, 7) is 1.78. The standard InChI is InChI=1S/C18H16ClNO5/c1-18(17(24)25-2)12-6-4-3-5-10(12)9-20(18)16(23)11-7-13(19)15(22)8-14(11)21/h3-8,21-22H,9H2,1-2H3. The van der Waals surface area contributed by atoms with Gasteiger partial charge in [0.2, 0.25) is 0 Å². The summed E-state index contributed by atoms with van der Waals surface area (Å²) < 4.78 is 4.92. The Balaban J connectivity index is 2.12. The number of nitrogens with zero attached hydrogens (tertiary/aromatic N) is 1. The smallest absolute Gasteiger partial charge is 0.336 e. The summed E-state index contributed by atoms with van der Waals surface area (Å²) in [4.78, 5) is 26.9. The van der Waals surface area contributed by atoms with Crippen LogP contribution in [0.2, 0.25) is 5.02 Å². The molecule has 7 heteroatoms. The van der Waals surface area contributed by atoms with Gasteiger partial charge in [-0.05, 0) is 24.1 Å². The predicted octanol–water partition coefficient (Wildman–Crippen LogP) is 2.80. The van der Waals surface area contributed by atoms with E-state index < -0.39 is 23.2 Å². The molecule has 1 atom stereocenters. The highest BCUT2D eigenvalue weighted by molar-refractivity contribution is 6.32. The lowest BCUT2D eigenvalue weighted by Crippen LogP contribution is -2.48. The summed E-state index contributed by atoms with van der Waals surface area (Å²) in [6, 6.07) is 9.36. The molecule has 1 heterocycles. The molecule has 1 aliphatic heterocycles. The quantitative estimate of drug-likeness (QED) is 0.803. The van der Waals surface area contributed by atoms with Gasteiger partial charge in [-0.25, -0.2) is 4.79 Å². The minimum Gasteiger partial charge on any atom is -0.507 e. The van der Waals surface area contributed by atoms with Gasteiger partial charge in [-0.3, -0.25) is 4.79 Å². The molecule has 0 bridgehead atoms. The van der Waals surface area contributed by atoms with E-state index in [1.165, 1.54) is 18.1 Å². The molecule has 0 radical (unpaired) electrons. The monoisotopic (exact) mass is 361 g/mol. The summed E-state index contributed by atoms with van der Waals surface area (Å²) in [6.07, 6.45) is 0. The van der Waals surface area contributed by atoms with Crippen LogP contribution in [0.25, 0.3) is 0 Å². The minimum atomic E-state index is -1.33. The number of hydrogen-bond acceptors (Lipinski definition) is 5. The minimum absolute atomic E-state index is 0.0716. The van der Waals surface area contributed by atoms with E-state index >= 15 is 0 Å². The second kappa shape index (κ2) is 5.97. The van der Waals surface area contributed by atoms with Crippen LogP contribution >= 0.6 is 11.6 Å². The third kappa shape index (κ3) is 2.49. The molecule has 0 saturated heterocycles. The van der Waals surface area contributed by atoms with Crippen molar-refractivity contribution < 1.29 is 24.5 Å². The average Bonchev–Trinajstić information content (AvgIpc) is 2.91. The Hall–Kier alpha value is -2.73. The van der Waals surface area contributed by atoms with E-state index in [0.717, 1.165) is 11.6 Å². The van der Waals surface area contributed by atoms with Crippen molar-refractivity contribution >= 4 is 23.5 Å². The van der Waals surface area contributed by atoms with Gasteiger partial charge in [-0.15, -0.1) is 0 Å². The maximum Gasteiger partial charge on any atom is 0.336 e. The first-order chi connectivity index (χ1) is 11.8. The molecule has 0 aromatic heterocycles. The number of aromatic hydroxyl groups is 2. The molecule has 6 nitrogen and oxygen atoms in total. The number of carbonyl (C=O) groups excluding carboxylic acids is 2. The van der Waals surface area contributed by atoms with Crippen LogP contribution < -0.4 is 0 Å². The Kier molecular flexibility index (Phi) is 4.08. The molecule has 1 amide bonds. The van der Waals surface area contributed by atoms with Crippen LogP contribution in [0.4, 0.5) is 0 Å². The Morgan fingerprint density at radius 2 is 1.88 bits per heavy atom. The fourth-order valence-corrected chi connectivity index (χ4v) is 3.33. The summed E-state index contributed by atoms with van der Waals surface area (Å²) in [5.74, 6) is -1.94. The molecule has 2 aromatic carbocycles. The number of ether oxygens (including phenoxy) is 1. The molecule has 130 valence electrons. The van der Waals surface area contributed by atoms with Gasteiger partial charge in [0.1, 0.15) is 11.5 Å². The van der Waals surface area contributed by atoms with Crippen LogP contribution in [0.1, 0.15) is 28.4 Å². The number of halogens is 1. The molecule has 25 heavy (non-hydrogen) atoms. The second-order valence-electron chi connectivity index (χ2n) is 5.93. The fraction of sp³-hybridized carbons (Fsp3) is 0.222. The number of methoxy groups -OCH3 is 1. The van der Waals surface area contributed by atoms with Gasteiger partial charge >= 0.3 is 5.97 Å². The highest BCUT2D eigenvalue weighted by atomic mass is 35.5. The molecular formula is C18H16ClNO5. The Bertz CT molecular complexity index is 882. The van der Waals surface area contributed by atoms with Crippen molar-refractivity contribution in [2.75, 3.05) is 7.11 Å². The number of hydrogen-bond donors (Lipinski definition) is 2. The number of phenols is 2. The van der Waals surface area contributed by atoms with Gasteiger partial charge in [0.15, 0.2) is 5.54 Å². The molecular weight excluding hydrogens is 346 g/mol. The van der Waals surface area contributed by atoms with E-state index in [1.807, 2.05) is 12.1 Å². The fourth-order valence-electron chi connectivity index (χ4n) is 3.17. The number of rotatable bonds is 2. The Morgan fingerprint density at radius 1 is 1.20 bits per heavy atom. The highest BCUT2D eigenvalue weighted by Crippen LogP contribution is 2.42. The number of phenolic OH excluding ortho intramolecular Hbond substituents is 2. The molecule has 1 aliphatic rings. The molecule has 2 N–H and O–H groups in total. The van der Waals surface area contributed by atoms with Crippen molar-refractivity contribution in [1.82, 2.24) is 4.90 Å². The molecule has 1 unspecified atom stereocenters. The molecule has 2 aromatic rings. The summed E-state index contributed by atoms with van der Waals surface area (Å²) >= 11 is 5.86. The largest absolute Gasteiger partial charge is 0.507 e. The maximum absolute atomic E-state index is 13.1. The third-order valence-electron chi connectivity index (χ3n) is 4.53. The van der Waals surface area contributed by atoms with Gasteiger partial charge in [-0.2, -0.15) is 0 Å². The van der Waals surface area contributed by atoms with E-state index in [9.17, 15) is 19.8 Å². The number of amides is 1. The van der Waals surface area contributed by atoms with E-state index in [1.54, 1.807) is 19.1 Å². The SMILES string of the molecule is COC(=O)C1(C)c2ccccc2CN1C(=O)c1cc(Cl)c(O)cc1O. The van der Waals surface area contributed by atoms with Crippen LogP contribution in [0.5, 0.6) is 11.5 Å². The van der Waals surface area contributed by atoms with Gasteiger partial charge in [0.05, 0.1) is 17.7 Å². The maximum atomic E-state index is 13.1. The summed E-state index contributed by atoms with van der Waals surface area (Å²) in [7, 11) is 1.26. The molecule has 0 aliphatic carbocycles. The number of esters is 1. The normalized spacial score (nSPS) is 18.8. The lowest BCUT2D eigenvalue weighted by Gasteiger charge is -2.33.